The van der Waals surface area contributed by atoms with Crippen LogP contribution >= 0.6 is 0 Å². The fraction of sp³-hybridized carbons (Fsp3) is 0.909. The van der Waals surface area contributed by atoms with Crippen molar-refractivity contribution < 1.29 is 9.53 Å². The summed E-state index contributed by atoms with van der Waals surface area (Å²) in [6, 6.07) is 0. The molecule has 0 aromatic carbocycles. The van der Waals surface area contributed by atoms with Gasteiger partial charge in [0, 0.05) is 18.4 Å². The molecule has 0 bridgehead atoms. The van der Waals surface area contributed by atoms with E-state index in [1.54, 1.807) is 0 Å². The quantitative estimate of drug-likeness (QED) is 0.673. The van der Waals surface area contributed by atoms with Gasteiger partial charge in [-0.15, -0.1) is 0 Å². The highest BCUT2D eigenvalue weighted by Crippen LogP contribution is 2.22. The van der Waals surface area contributed by atoms with Crippen LogP contribution in [0.3, 0.4) is 0 Å². The van der Waals surface area contributed by atoms with Crippen LogP contribution in [-0.2, 0) is 9.53 Å². The van der Waals surface area contributed by atoms with E-state index in [0.717, 1.165) is 25.9 Å². The van der Waals surface area contributed by atoms with Gasteiger partial charge in [0.15, 0.2) is 0 Å². The average molecular weight is 184 g/mol. The van der Waals surface area contributed by atoms with Crippen LogP contribution in [0, 0.1) is 5.41 Å². The number of carbonyl (C=O) groups is 1. The number of Topliss-reactive ketones (excluding diaryl/α,β-unsaturated/α-hetero) is 1. The summed E-state index contributed by atoms with van der Waals surface area (Å²) >= 11 is 0. The molecule has 0 saturated carbocycles. The largest absolute Gasteiger partial charge is 0.378 e. The van der Waals surface area contributed by atoms with Crippen LogP contribution in [0.25, 0.3) is 0 Å². The Balaban J connectivity index is 2.22. The Morgan fingerprint density at radius 3 is 2.62 bits per heavy atom. The molecular formula is C11H20O2. The predicted octanol–water partition coefficient (Wildman–Crippen LogP) is 2.56. The van der Waals surface area contributed by atoms with E-state index < -0.39 is 0 Å². The molecule has 0 N–H and O–H groups in total. The normalized spacial score (nSPS) is 23.5. The second-order valence-electron chi connectivity index (χ2n) is 4.85. The van der Waals surface area contributed by atoms with Crippen LogP contribution in [-0.4, -0.2) is 18.5 Å². The van der Waals surface area contributed by atoms with Crippen LogP contribution in [0.5, 0.6) is 0 Å². The SMILES string of the molecule is CC(C)(C)C(=O)CCC1CCCO1. The first-order valence-electron chi connectivity index (χ1n) is 5.15. The van der Waals surface area contributed by atoms with E-state index in [4.69, 9.17) is 4.74 Å². The standard InChI is InChI=1S/C11H20O2/c1-11(2,3)10(12)7-6-9-5-4-8-13-9/h9H,4-8H2,1-3H3. The number of hydrogen-bond acceptors (Lipinski definition) is 2. The smallest absolute Gasteiger partial charge is 0.138 e. The predicted molar refractivity (Wildman–Crippen MR) is 52.7 cm³/mol. The van der Waals surface area contributed by atoms with Gasteiger partial charge < -0.3 is 4.74 Å². The third-order valence-corrected chi connectivity index (χ3v) is 2.55. The molecular weight excluding hydrogens is 164 g/mol. The highest BCUT2D eigenvalue weighted by atomic mass is 16.5. The van der Waals surface area contributed by atoms with Crippen molar-refractivity contribution in [2.24, 2.45) is 5.41 Å². The molecule has 0 aromatic heterocycles. The Kier molecular flexibility index (Phi) is 3.48. The van der Waals surface area contributed by atoms with Gasteiger partial charge in [0.1, 0.15) is 5.78 Å². The first-order valence-corrected chi connectivity index (χ1v) is 5.15. The lowest BCUT2D eigenvalue weighted by Gasteiger charge is -2.17. The first-order chi connectivity index (χ1) is 6.00. The van der Waals surface area contributed by atoms with Crippen molar-refractivity contribution >= 4 is 5.78 Å². The number of hydrogen-bond donors (Lipinski definition) is 0. The third-order valence-electron chi connectivity index (χ3n) is 2.55. The van der Waals surface area contributed by atoms with E-state index >= 15 is 0 Å². The van der Waals surface area contributed by atoms with Crippen LogP contribution in [0.4, 0.5) is 0 Å². The van der Waals surface area contributed by atoms with Crippen molar-refractivity contribution in [1.82, 2.24) is 0 Å². The molecule has 2 nitrogen and oxygen atoms in total. The molecule has 1 saturated heterocycles. The molecule has 0 aliphatic carbocycles. The van der Waals surface area contributed by atoms with Crippen molar-refractivity contribution in [1.29, 1.82) is 0 Å². The van der Waals surface area contributed by atoms with Gasteiger partial charge >= 0.3 is 0 Å². The summed E-state index contributed by atoms with van der Waals surface area (Å²) in [5.74, 6) is 0.350. The number of ether oxygens (including phenoxy) is 1. The highest BCUT2D eigenvalue weighted by molar-refractivity contribution is 5.83. The molecule has 1 aliphatic heterocycles. The molecule has 76 valence electrons. The molecule has 0 spiro atoms. The second kappa shape index (κ2) is 4.23. The van der Waals surface area contributed by atoms with Crippen molar-refractivity contribution in [2.45, 2.75) is 52.6 Å². The molecule has 13 heavy (non-hydrogen) atoms. The fourth-order valence-corrected chi connectivity index (χ4v) is 1.54. The Morgan fingerprint density at radius 1 is 1.46 bits per heavy atom. The van der Waals surface area contributed by atoms with Crippen LogP contribution in [0.15, 0.2) is 0 Å². The Labute approximate surface area is 80.7 Å². The molecule has 1 fully saturated rings. The van der Waals surface area contributed by atoms with E-state index in [-0.39, 0.29) is 5.41 Å². The van der Waals surface area contributed by atoms with Crippen molar-refractivity contribution in [3.8, 4) is 0 Å². The van der Waals surface area contributed by atoms with Crippen LogP contribution < -0.4 is 0 Å². The number of rotatable bonds is 3. The van der Waals surface area contributed by atoms with Gasteiger partial charge in [-0.1, -0.05) is 20.8 Å². The Hall–Kier alpha value is -0.370. The summed E-state index contributed by atoms with van der Waals surface area (Å²) in [6.45, 7) is 6.81. The summed E-state index contributed by atoms with van der Waals surface area (Å²) in [4.78, 5) is 11.6. The molecule has 0 aromatic rings. The monoisotopic (exact) mass is 184 g/mol. The fourth-order valence-electron chi connectivity index (χ4n) is 1.54. The van der Waals surface area contributed by atoms with Gasteiger partial charge in [-0.3, -0.25) is 4.79 Å². The topological polar surface area (TPSA) is 26.3 Å². The second-order valence-corrected chi connectivity index (χ2v) is 4.85. The van der Waals surface area contributed by atoms with Crippen LogP contribution in [0.2, 0.25) is 0 Å². The average Bonchev–Trinajstić information content (AvgIpc) is 2.50. The molecule has 2 heteroatoms. The highest BCUT2D eigenvalue weighted by Gasteiger charge is 2.23. The summed E-state index contributed by atoms with van der Waals surface area (Å²) in [5.41, 5.74) is -0.182. The van der Waals surface area contributed by atoms with Crippen molar-refractivity contribution in [2.75, 3.05) is 6.61 Å². The van der Waals surface area contributed by atoms with E-state index in [0.29, 0.717) is 18.3 Å². The molecule has 1 atom stereocenters. The maximum Gasteiger partial charge on any atom is 0.138 e. The summed E-state index contributed by atoms with van der Waals surface area (Å²) in [5, 5.41) is 0. The minimum atomic E-state index is -0.182. The molecule has 1 heterocycles. The summed E-state index contributed by atoms with van der Waals surface area (Å²) < 4.78 is 5.46. The molecule has 1 rings (SSSR count). The Bertz CT molecular complexity index is 173. The first kappa shape index (κ1) is 10.7. The molecule has 0 amide bonds. The maximum absolute atomic E-state index is 11.6. The zero-order valence-electron chi connectivity index (χ0n) is 8.93. The minimum absolute atomic E-state index is 0.182. The summed E-state index contributed by atoms with van der Waals surface area (Å²) in [7, 11) is 0. The van der Waals surface area contributed by atoms with Gasteiger partial charge in [-0.05, 0) is 19.3 Å². The van der Waals surface area contributed by atoms with Gasteiger partial charge in [0.25, 0.3) is 0 Å². The lowest BCUT2D eigenvalue weighted by Crippen LogP contribution is -2.21. The third kappa shape index (κ3) is 3.47. The lowest BCUT2D eigenvalue weighted by molar-refractivity contribution is -0.126. The Morgan fingerprint density at radius 2 is 2.15 bits per heavy atom. The zero-order chi connectivity index (χ0) is 9.90. The molecule has 1 aliphatic rings. The maximum atomic E-state index is 11.6. The zero-order valence-corrected chi connectivity index (χ0v) is 8.93. The van der Waals surface area contributed by atoms with E-state index in [1.807, 2.05) is 20.8 Å². The van der Waals surface area contributed by atoms with Gasteiger partial charge in [-0.2, -0.15) is 0 Å². The van der Waals surface area contributed by atoms with Gasteiger partial charge in [0.05, 0.1) is 6.10 Å². The number of carbonyl (C=O) groups excluding carboxylic acids is 1. The van der Waals surface area contributed by atoms with Gasteiger partial charge in [-0.25, -0.2) is 0 Å². The van der Waals surface area contributed by atoms with Crippen LogP contribution in [0.1, 0.15) is 46.5 Å². The van der Waals surface area contributed by atoms with E-state index in [2.05, 4.69) is 0 Å². The summed E-state index contributed by atoms with van der Waals surface area (Å²) in [6.07, 6.45) is 4.24. The van der Waals surface area contributed by atoms with E-state index in [1.165, 1.54) is 0 Å². The minimum Gasteiger partial charge on any atom is -0.378 e. The molecule has 0 radical (unpaired) electrons. The van der Waals surface area contributed by atoms with Gasteiger partial charge in [0.2, 0.25) is 0 Å². The van der Waals surface area contributed by atoms with Crippen molar-refractivity contribution in [3.63, 3.8) is 0 Å². The van der Waals surface area contributed by atoms with E-state index in [9.17, 15) is 4.79 Å². The molecule has 1 unspecified atom stereocenters. The lowest BCUT2D eigenvalue weighted by atomic mass is 9.87. The van der Waals surface area contributed by atoms with Crippen molar-refractivity contribution in [3.05, 3.63) is 0 Å². The number of ketones is 1.